The molecule has 0 radical (unpaired) electrons. The highest BCUT2D eigenvalue weighted by molar-refractivity contribution is 5.88. The second kappa shape index (κ2) is 18.9. The monoisotopic (exact) mass is 818 g/mol. The predicted molar refractivity (Wildman–Crippen MR) is 228 cm³/mol. The number of carbonyl (C=O) groups excluding carboxylic acids is 4. The Morgan fingerprint density at radius 2 is 1.23 bits per heavy atom. The van der Waals surface area contributed by atoms with E-state index in [4.69, 9.17) is 9.47 Å². The Kier molecular flexibility index (Phi) is 12.9. The minimum atomic E-state index is -0.931. The quantitative estimate of drug-likeness (QED) is 0.0990. The van der Waals surface area contributed by atoms with Gasteiger partial charge in [0.15, 0.2) is 0 Å². The molecule has 0 aliphatic carbocycles. The van der Waals surface area contributed by atoms with Gasteiger partial charge in [0.25, 0.3) is 5.91 Å². The molecule has 61 heavy (non-hydrogen) atoms. The molecule has 4 N–H and O–H groups in total. The van der Waals surface area contributed by atoms with Crippen LogP contribution >= 0.6 is 0 Å². The summed E-state index contributed by atoms with van der Waals surface area (Å²) in [5, 5.41) is 5.34. The number of likely N-dealkylation sites (N-methyl/N-ethyl adjacent to an activating group) is 1. The van der Waals surface area contributed by atoms with Gasteiger partial charge in [-0.3, -0.25) is 9.59 Å². The number of imidazole rings is 2. The van der Waals surface area contributed by atoms with Gasteiger partial charge >= 0.3 is 12.2 Å². The second-order valence-corrected chi connectivity index (χ2v) is 14.5. The third kappa shape index (κ3) is 9.63. The van der Waals surface area contributed by atoms with Crippen LogP contribution in [-0.2, 0) is 19.1 Å². The van der Waals surface area contributed by atoms with Crippen molar-refractivity contribution >= 4 is 24.0 Å². The van der Waals surface area contributed by atoms with Gasteiger partial charge in [-0.2, -0.15) is 0 Å². The lowest BCUT2D eigenvalue weighted by atomic mass is 10.1. The number of hydrogen-bond donors (Lipinski definition) is 4. The van der Waals surface area contributed by atoms with Crippen molar-refractivity contribution in [2.45, 2.75) is 43.9 Å². The summed E-state index contributed by atoms with van der Waals surface area (Å²) in [6, 6.07) is 31.3. The van der Waals surface area contributed by atoms with Crippen LogP contribution in [-0.4, -0.2) is 81.5 Å². The van der Waals surface area contributed by atoms with Crippen LogP contribution in [0.4, 0.5) is 9.59 Å². The minimum absolute atomic E-state index is 0.223. The summed E-state index contributed by atoms with van der Waals surface area (Å²) in [5.74, 6) is 7.20. The number of nitrogens with zero attached hydrogens (tertiary/aromatic N) is 4. The molecular formula is C47H46N8O6. The normalized spacial score (nSPS) is 14.8. The molecule has 2 aromatic heterocycles. The minimum Gasteiger partial charge on any atom is -0.453 e. The van der Waals surface area contributed by atoms with Gasteiger partial charge in [-0.15, -0.1) is 0 Å². The molecule has 310 valence electrons. The predicted octanol–water partition coefficient (Wildman–Crippen LogP) is 7.24. The molecule has 14 nitrogen and oxygen atoms in total. The molecule has 7 rings (SSSR count). The molecule has 0 bridgehead atoms. The fourth-order valence-electron chi connectivity index (χ4n) is 7.24. The van der Waals surface area contributed by atoms with E-state index in [9.17, 15) is 19.2 Å². The molecule has 1 fully saturated rings. The van der Waals surface area contributed by atoms with Crippen molar-refractivity contribution in [2.75, 3.05) is 27.8 Å². The fourth-order valence-corrected chi connectivity index (χ4v) is 7.24. The average molecular weight is 819 g/mol. The van der Waals surface area contributed by atoms with Crippen LogP contribution in [0.3, 0.4) is 0 Å². The number of benzene rings is 4. The number of carbonyl (C=O) groups is 4. The number of aromatic nitrogens is 4. The van der Waals surface area contributed by atoms with E-state index < -0.39 is 30.3 Å². The van der Waals surface area contributed by atoms with E-state index in [1.54, 1.807) is 53.5 Å². The van der Waals surface area contributed by atoms with Crippen molar-refractivity contribution in [3.05, 3.63) is 155 Å². The molecule has 1 saturated heterocycles. The Labute approximate surface area is 353 Å². The fraction of sp³-hybridized carbons (Fsp3) is 0.234. The maximum Gasteiger partial charge on any atom is 0.407 e. The van der Waals surface area contributed by atoms with Gasteiger partial charge in [-0.25, -0.2) is 19.6 Å². The number of H-pyrrole nitrogens is 2. The van der Waals surface area contributed by atoms with Gasteiger partial charge in [-0.05, 0) is 66.3 Å². The van der Waals surface area contributed by atoms with Gasteiger partial charge in [0.1, 0.15) is 23.7 Å². The molecule has 14 heteroatoms. The first-order valence-electron chi connectivity index (χ1n) is 19.8. The van der Waals surface area contributed by atoms with Crippen molar-refractivity contribution in [1.82, 2.24) is 40.4 Å². The first kappa shape index (κ1) is 41.5. The smallest absolute Gasteiger partial charge is 0.407 e. The van der Waals surface area contributed by atoms with Crippen LogP contribution in [0.25, 0.3) is 22.5 Å². The molecule has 6 aromatic rings. The van der Waals surface area contributed by atoms with E-state index in [1.807, 2.05) is 91.9 Å². The maximum atomic E-state index is 13.9. The van der Waals surface area contributed by atoms with Crippen LogP contribution in [0.15, 0.2) is 122 Å². The van der Waals surface area contributed by atoms with Crippen LogP contribution in [0, 0.1) is 11.8 Å². The molecule has 0 unspecified atom stereocenters. The third-order valence-electron chi connectivity index (χ3n) is 10.8. The van der Waals surface area contributed by atoms with Crippen molar-refractivity contribution < 1.29 is 28.7 Å². The lowest BCUT2D eigenvalue weighted by Gasteiger charge is -2.28. The first-order chi connectivity index (χ1) is 29.6. The molecule has 4 amide bonds. The van der Waals surface area contributed by atoms with Gasteiger partial charge < -0.3 is 39.9 Å². The zero-order valence-corrected chi connectivity index (χ0v) is 34.2. The molecule has 1 aliphatic rings. The van der Waals surface area contributed by atoms with Gasteiger partial charge in [-0.1, -0.05) is 96.8 Å². The van der Waals surface area contributed by atoms with E-state index in [2.05, 4.69) is 42.4 Å². The summed E-state index contributed by atoms with van der Waals surface area (Å²) >= 11 is 0. The third-order valence-corrected chi connectivity index (χ3v) is 10.8. The summed E-state index contributed by atoms with van der Waals surface area (Å²) < 4.78 is 9.59. The zero-order valence-electron chi connectivity index (χ0n) is 34.2. The van der Waals surface area contributed by atoms with Gasteiger partial charge in [0.05, 0.1) is 50.1 Å². The van der Waals surface area contributed by atoms with Crippen molar-refractivity contribution in [3.8, 4) is 34.4 Å². The maximum absolute atomic E-state index is 13.9. The molecule has 3 heterocycles. The van der Waals surface area contributed by atoms with Crippen LogP contribution in [0.2, 0.25) is 0 Å². The van der Waals surface area contributed by atoms with Crippen LogP contribution < -0.4 is 10.6 Å². The van der Waals surface area contributed by atoms with E-state index in [-0.39, 0.29) is 17.9 Å². The van der Waals surface area contributed by atoms with E-state index in [0.717, 1.165) is 46.5 Å². The summed E-state index contributed by atoms with van der Waals surface area (Å²) in [6.07, 6.45) is 3.67. The number of aromatic amines is 2. The van der Waals surface area contributed by atoms with Crippen LogP contribution in [0.1, 0.15) is 77.8 Å². The van der Waals surface area contributed by atoms with E-state index in [1.165, 1.54) is 14.2 Å². The summed E-state index contributed by atoms with van der Waals surface area (Å²) in [5.41, 5.74) is 6.41. The zero-order chi connectivity index (χ0) is 42.9. The Balaban J connectivity index is 0.975. The van der Waals surface area contributed by atoms with Crippen molar-refractivity contribution in [1.29, 1.82) is 0 Å². The number of methoxy groups -OCH3 is 2. The molecule has 1 aliphatic heterocycles. The number of hydrogen-bond acceptors (Lipinski definition) is 8. The first-order valence-corrected chi connectivity index (χ1v) is 19.8. The van der Waals surface area contributed by atoms with Crippen LogP contribution in [0.5, 0.6) is 0 Å². The number of alkyl carbamates (subject to hydrolysis) is 2. The Morgan fingerprint density at radius 1 is 0.721 bits per heavy atom. The Bertz CT molecular complexity index is 2530. The number of nitrogens with one attached hydrogen (secondary N) is 4. The Morgan fingerprint density at radius 3 is 1.79 bits per heavy atom. The summed E-state index contributed by atoms with van der Waals surface area (Å²) in [6.45, 7) is 2.41. The van der Waals surface area contributed by atoms with Gasteiger partial charge in [0, 0.05) is 24.7 Å². The summed E-state index contributed by atoms with van der Waals surface area (Å²) in [4.78, 5) is 71.1. The number of ether oxygens (including phenoxy) is 2. The SMILES string of the molecule is COC(=O)N[C@@H](C(=O)N(C)[C@@H](C)c1ncc(-c2ccc(C#Cc3ccc(-c4cnc([C@@H]5CCCN5C(=O)[C@H](NC(=O)OC)c5ccccc5)[nH]4)cc3)cc2)[nH]1)c1ccccc1. The highest BCUT2D eigenvalue weighted by Crippen LogP contribution is 2.34. The van der Waals surface area contributed by atoms with E-state index >= 15 is 0 Å². The largest absolute Gasteiger partial charge is 0.453 e. The molecule has 0 spiro atoms. The Hall–Kier alpha value is -7.66. The molecule has 4 aromatic carbocycles. The van der Waals surface area contributed by atoms with E-state index in [0.29, 0.717) is 29.3 Å². The number of rotatable bonds is 11. The average Bonchev–Trinajstić information content (AvgIpc) is 4.12. The number of likely N-dealkylation sites (tertiary alicyclic amines) is 1. The highest BCUT2D eigenvalue weighted by atomic mass is 16.5. The lowest BCUT2D eigenvalue weighted by Crippen LogP contribution is -2.42. The number of amides is 4. The van der Waals surface area contributed by atoms with Crippen molar-refractivity contribution in [3.63, 3.8) is 0 Å². The highest BCUT2D eigenvalue weighted by Gasteiger charge is 2.37. The second-order valence-electron chi connectivity index (χ2n) is 14.5. The topological polar surface area (TPSA) is 175 Å². The lowest BCUT2D eigenvalue weighted by molar-refractivity contribution is -0.135. The summed E-state index contributed by atoms with van der Waals surface area (Å²) in [7, 11) is 4.20. The van der Waals surface area contributed by atoms with Crippen molar-refractivity contribution in [2.24, 2.45) is 0 Å². The standard InChI is InChI=1S/C47H46N8O6/c1-30(54(2)44(56)40(52-46(58)60-3)35-12-7-5-8-13-35)42-48-28-37(50-42)33-23-19-31(20-24-33)17-18-32-21-25-34(26-22-32)38-29-49-43(51-38)39-16-11-27-55(39)45(57)41(53-47(59)61-4)36-14-9-6-10-15-36/h5-10,12-15,19-26,28-30,39-41H,11,16,27H2,1-4H3,(H,48,50)(H,49,51)(H,52,58)(H,53,59)/t30-,39-,40+,41+/m0/s1. The van der Waals surface area contributed by atoms with Gasteiger partial charge in [0.2, 0.25) is 5.91 Å². The molecule has 0 saturated carbocycles. The molecule has 4 atom stereocenters. The molecular weight excluding hydrogens is 773 g/mol.